The zero-order valence-corrected chi connectivity index (χ0v) is 15.1. The van der Waals surface area contributed by atoms with E-state index in [2.05, 4.69) is 37.2 Å². The summed E-state index contributed by atoms with van der Waals surface area (Å²) in [6.45, 7) is 2.74. The largest absolute Gasteiger partial charge is 0.390 e. The van der Waals surface area contributed by atoms with E-state index in [0.717, 1.165) is 10.0 Å². The van der Waals surface area contributed by atoms with E-state index in [4.69, 9.17) is 0 Å². The number of rotatable bonds is 3. The average molecular weight is 428 g/mol. The summed E-state index contributed by atoms with van der Waals surface area (Å²) in [4.78, 5) is 0.191. The molecule has 2 rings (SSSR count). The third kappa shape index (κ3) is 2.95. The summed E-state index contributed by atoms with van der Waals surface area (Å²) >= 11 is 6.66. The molecule has 5 nitrogen and oxygen atoms in total. The van der Waals surface area contributed by atoms with Gasteiger partial charge in [-0.05, 0) is 40.5 Å². The number of hydrogen-bond donors (Lipinski definition) is 2. The molecule has 1 fully saturated rings. The lowest BCUT2D eigenvalue weighted by atomic mass is 10.2. The van der Waals surface area contributed by atoms with Crippen LogP contribution in [0.2, 0.25) is 0 Å². The molecule has 1 heterocycles. The molecule has 1 aliphatic heterocycles. The number of nitrogens with zero attached hydrogens (tertiary/aromatic N) is 1. The molecule has 1 aliphatic rings. The Morgan fingerprint density at radius 2 is 1.95 bits per heavy atom. The third-order valence-electron chi connectivity index (χ3n) is 3.49. The molecular formula is C12H16Br2N2O3S. The van der Waals surface area contributed by atoms with Crippen molar-refractivity contribution >= 4 is 41.9 Å². The maximum atomic E-state index is 12.7. The second kappa shape index (κ2) is 6.02. The van der Waals surface area contributed by atoms with Gasteiger partial charge in [-0.25, -0.2) is 8.42 Å². The Balaban J connectivity index is 2.42. The number of aliphatic hydroxyl groups excluding tert-OH is 1. The first-order valence-electron chi connectivity index (χ1n) is 6.07. The van der Waals surface area contributed by atoms with Gasteiger partial charge in [-0.1, -0.05) is 15.9 Å². The molecule has 0 spiro atoms. The van der Waals surface area contributed by atoms with Crippen LogP contribution < -0.4 is 5.32 Å². The summed E-state index contributed by atoms with van der Waals surface area (Å²) in [5, 5.41) is 12.8. The van der Waals surface area contributed by atoms with Gasteiger partial charge in [-0.15, -0.1) is 0 Å². The number of aliphatic hydroxyl groups is 1. The summed E-state index contributed by atoms with van der Waals surface area (Å²) in [7, 11) is -2.17. The number of halogens is 2. The molecule has 0 amide bonds. The first-order valence-corrected chi connectivity index (χ1v) is 9.10. The van der Waals surface area contributed by atoms with Crippen molar-refractivity contribution in [3.8, 4) is 0 Å². The number of nitrogens with one attached hydrogen (secondary N) is 1. The highest BCUT2D eigenvalue weighted by atomic mass is 79.9. The molecule has 0 radical (unpaired) electrons. The SMILES string of the molecule is Cc1cc(Br)c(S(=O)(=O)N(C)[C@@H]2CNC[C@H]2O)cc1Br. The van der Waals surface area contributed by atoms with Gasteiger partial charge in [-0.2, -0.15) is 4.31 Å². The van der Waals surface area contributed by atoms with Crippen molar-refractivity contribution in [2.75, 3.05) is 20.1 Å². The molecule has 2 N–H and O–H groups in total. The quantitative estimate of drug-likeness (QED) is 0.766. The van der Waals surface area contributed by atoms with Crippen molar-refractivity contribution in [3.63, 3.8) is 0 Å². The molecule has 1 saturated heterocycles. The molecule has 0 aromatic heterocycles. The van der Waals surface area contributed by atoms with Gasteiger partial charge in [0, 0.05) is 29.1 Å². The maximum Gasteiger partial charge on any atom is 0.244 e. The summed E-state index contributed by atoms with van der Waals surface area (Å²) < 4.78 is 27.9. The van der Waals surface area contributed by atoms with Crippen LogP contribution in [0.3, 0.4) is 0 Å². The molecular weight excluding hydrogens is 412 g/mol. The van der Waals surface area contributed by atoms with Crippen molar-refractivity contribution in [3.05, 3.63) is 26.6 Å². The highest BCUT2D eigenvalue weighted by molar-refractivity contribution is 9.11. The van der Waals surface area contributed by atoms with Crippen LogP contribution in [0.25, 0.3) is 0 Å². The fourth-order valence-corrected chi connectivity index (χ4v) is 5.20. The fraction of sp³-hybridized carbons (Fsp3) is 0.500. The molecule has 0 aliphatic carbocycles. The number of sulfonamides is 1. The Kier molecular flexibility index (Phi) is 4.93. The van der Waals surface area contributed by atoms with Crippen LogP contribution in [-0.4, -0.2) is 50.1 Å². The number of likely N-dealkylation sites (N-methyl/N-ethyl adjacent to an activating group) is 1. The first-order chi connectivity index (χ1) is 9.25. The zero-order valence-electron chi connectivity index (χ0n) is 11.1. The summed E-state index contributed by atoms with van der Waals surface area (Å²) in [6, 6.07) is 2.89. The highest BCUT2D eigenvalue weighted by Gasteiger charge is 2.36. The molecule has 0 unspecified atom stereocenters. The topological polar surface area (TPSA) is 69.6 Å². The van der Waals surface area contributed by atoms with Crippen LogP contribution in [0.15, 0.2) is 26.0 Å². The second-order valence-corrected chi connectivity index (χ2v) is 8.52. The summed E-state index contributed by atoms with van der Waals surface area (Å²) in [5.41, 5.74) is 0.945. The molecule has 2 atom stereocenters. The predicted octanol–water partition coefficient (Wildman–Crippen LogP) is 1.47. The van der Waals surface area contributed by atoms with Crippen molar-refractivity contribution in [1.82, 2.24) is 9.62 Å². The minimum Gasteiger partial charge on any atom is -0.390 e. The van der Waals surface area contributed by atoms with Crippen LogP contribution in [0.5, 0.6) is 0 Å². The predicted molar refractivity (Wildman–Crippen MR) is 84.2 cm³/mol. The Morgan fingerprint density at radius 1 is 1.30 bits per heavy atom. The minimum atomic E-state index is -3.67. The van der Waals surface area contributed by atoms with Gasteiger partial charge in [0.25, 0.3) is 0 Å². The standard InChI is InChI=1S/C12H16Br2N2O3S/c1-7-3-9(14)12(4-8(7)13)20(18,19)16(2)10-5-15-6-11(10)17/h3-4,10-11,15,17H,5-6H2,1-2H3/t10-,11-/m1/s1. The van der Waals surface area contributed by atoms with Crippen LogP contribution in [0, 0.1) is 6.92 Å². The monoisotopic (exact) mass is 426 g/mol. The van der Waals surface area contributed by atoms with E-state index < -0.39 is 22.2 Å². The second-order valence-electron chi connectivity index (χ2n) is 4.85. The minimum absolute atomic E-state index is 0.191. The van der Waals surface area contributed by atoms with E-state index in [1.807, 2.05) is 6.92 Å². The lowest BCUT2D eigenvalue weighted by Gasteiger charge is -2.26. The van der Waals surface area contributed by atoms with Crippen molar-refractivity contribution in [2.24, 2.45) is 0 Å². The van der Waals surface area contributed by atoms with Crippen molar-refractivity contribution in [1.29, 1.82) is 0 Å². The zero-order chi connectivity index (χ0) is 15.1. The number of β-amino-alcohol motifs (C(OH)–C–C–N with tert-alkyl or cyclic N) is 1. The highest BCUT2D eigenvalue weighted by Crippen LogP contribution is 2.31. The van der Waals surface area contributed by atoms with Gasteiger partial charge in [0.05, 0.1) is 17.0 Å². The smallest absolute Gasteiger partial charge is 0.244 e. The average Bonchev–Trinajstić information content (AvgIpc) is 2.78. The van der Waals surface area contributed by atoms with Gasteiger partial charge in [0.2, 0.25) is 10.0 Å². The molecule has 8 heteroatoms. The van der Waals surface area contributed by atoms with E-state index in [-0.39, 0.29) is 4.90 Å². The molecule has 0 saturated carbocycles. The number of benzene rings is 1. The Morgan fingerprint density at radius 3 is 2.50 bits per heavy atom. The van der Waals surface area contributed by atoms with Crippen LogP contribution >= 0.6 is 31.9 Å². The fourth-order valence-electron chi connectivity index (χ4n) is 2.18. The van der Waals surface area contributed by atoms with Crippen molar-refractivity contribution < 1.29 is 13.5 Å². The Hall–Kier alpha value is 0.01000. The van der Waals surface area contributed by atoms with Gasteiger partial charge in [-0.3, -0.25) is 0 Å². The van der Waals surface area contributed by atoms with Crippen LogP contribution in [0.1, 0.15) is 5.56 Å². The van der Waals surface area contributed by atoms with Gasteiger partial charge in [0.1, 0.15) is 0 Å². The van der Waals surface area contributed by atoms with E-state index in [9.17, 15) is 13.5 Å². The van der Waals surface area contributed by atoms with Gasteiger partial charge >= 0.3 is 0 Å². The van der Waals surface area contributed by atoms with E-state index in [1.165, 1.54) is 11.4 Å². The lowest BCUT2D eigenvalue weighted by molar-refractivity contribution is 0.136. The molecule has 1 aromatic rings. The van der Waals surface area contributed by atoms with Crippen LogP contribution in [0.4, 0.5) is 0 Å². The normalized spacial score (nSPS) is 23.5. The molecule has 20 heavy (non-hydrogen) atoms. The van der Waals surface area contributed by atoms with Gasteiger partial charge in [0.15, 0.2) is 0 Å². The Bertz CT molecular complexity index is 621. The first kappa shape index (κ1) is 16.4. The number of hydrogen-bond acceptors (Lipinski definition) is 4. The van der Waals surface area contributed by atoms with E-state index in [0.29, 0.717) is 17.6 Å². The molecule has 0 bridgehead atoms. The van der Waals surface area contributed by atoms with E-state index in [1.54, 1.807) is 12.1 Å². The lowest BCUT2D eigenvalue weighted by Crippen LogP contribution is -2.44. The van der Waals surface area contributed by atoms with Crippen LogP contribution in [-0.2, 0) is 10.0 Å². The molecule has 1 aromatic carbocycles. The number of aryl methyl sites for hydroxylation is 1. The summed E-state index contributed by atoms with van der Waals surface area (Å²) in [5.74, 6) is 0. The van der Waals surface area contributed by atoms with Gasteiger partial charge < -0.3 is 10.4 Å². The van der Waals surface area contributed by atoms with Crippen molar-refractivity contribution in [2.45, 2.75) is 24.0 Å². The summed E-state index contributed by atoms with van der Waals surface area (Å²) in [6.07, 6.45) is -0.692. The Labute approximate surface area is 135 Å². The van der Waals surface area contributed by atoms with E-state index >= 15 is 0 Å². The molecule has 112 valence electrons. The maximum absolute atomic E-state index is 12.7. The third-order valence-corrected chi connectivity index (χ3v) is 7.18.